The van der Waals surface area contributed by atoms with Gasteiger partial charge in [-0.15, -0.1) is 0 Å². The molecule has 4 heteroatoms. The Morgan fingerprint density at radius 2 is 2.19 bits per heavy atom. The van der Waals surface area contributed by atoms with Crippen molar-refractivity contribution in [3.8, 4) is 0 Å². The molecule has 16 heavy (non-hydrogen) atoms. The first kappa shape index (κ1) is 10.3. The molecule has 1 N–H and O–H groups in total. The zero-order chi connectivity index (χ0) is 11.2. The van der Waals surface area contributed by atoms with E-state index >= 15 is 0 Å². The summed E-state index contributed by atoms with van der Waals surface area (Å²) < 4.78 is 12.8. The number of halogens is 1. The molecule has 2 rings (SSSR count). The molecule has 0 amide bonds. The number of anilines is 1. The van der Waals surface area contributed by atoms with Crippen molar-refractivity contribution in [1.82, 2.24) is 4.98 Å². The van der Waals surface area contributed by atoms with Gasteiger partial charge in [-0.05, 0) is 24.3 Å². The molecule has 0 aliphatic carbocycles. The lowest BCUT2D eigenvalue weighted by Crippen LogP contribution is -1.91. The van der Waals surface area contributed by atoms with Crippen molar-refractivity contribution in [2.75, 3.05) is 5.43 Å². The van der Waals surface area contributed by atoms with Gasteiger partial charge in [0.25, 0.3) is 0 Å². The fourth-order valence-electron chi connectivity index (χ4n) is 1.19. The number of nitrogens with one attached hydrogen (secondary N) is 1. The third-order valence-electron chi connectivity index (χ3n) is 1.92. The van der Waals surface area contributed by atoms with Crippen molar-refractivity contribution in [1.29, 1.82) is 0 Å². The molecule has 80 valence electrons. The molecule has 0 unspecified atom stereocenters. The fourth-order valence-corrected chi connectivity index (χ4v) is 1.19. The van der Waals surface area contributed by atoms with Crippen LogP contribution in [0.5, 0.6) is 0 Å². The van der Waals surface area contributed by atoms with Crippen LogP contribution in [0.3, 0.4) is 0 Å². The maximum absolute atomic E-state index is 12.8. The first-order chi connectivity index (χ1) is 7.84. The van der Waals surface area contributed by atoms with Gasteiger partial charge in [0.15, 0.2) is 0 Å². The maximum Gasteiger partial charge on any atom is 0.125 e. The first-order valence-corrected chi connectivity index (χ1v) is 4.79. The van der Waals surface area contributed by atoms with Crippen molar-refractivity contribution in [2.45, 2.75) is 0 Å². The van der Waals surface area contributed by atoms with Gasteiger partial charge in [-0.2, -0.15) is 5.10 Å². The van der Waals surface area contributed by atoms with Gasteiger partial charge in [0, 0.05) is 18.0 Å². The molecular formula is C12H10FN3. The molecule has 2 aromatic rings. The summed E-state index contributed by atoms with van der Waals surface area (Å²) in [6.45, 7) is 0. The van der Waals surface area contributed by atoms with Crippen LogP contribution in [0.1, 0.15) is 5.56 Å². The smallest absolute Gasteiger partial charge is 0.125 e. The SMILES string of the molecule is Fc1cccc(NN=Cc2cccnc2)c1. The normalized spacial score (nSPS) is 10.6. The van der Waals surface area contributed by atoms with Crippen LogP contribution in [0.4, 0.5) is 10.1 Å². The second-order valence-electron chi connectivity index (χ2n) is 3.17. The van der Waals surface area contributed by atoms with Crippen LogP contribution in [-0.2, 0) is 0 Å². The summed E-state index contributed by atoms with van der Waals surface area (Å²) >= 11 is 0. The second-order valence-corrected chi connectivity index (χ2v) is 3.17. The Kier molecular flexibility index (Phi) is 3.23. The zero-order valence-corrected chi connectivity index (χ0v) is 8.47. The van der Waals surface area contributed by atoms with Crippen molar-refractivity contribution in [3.05, 3.63) is 60.2 Å². The molecule has 0 saturated carbocycles. The van der Waals surface area contributed by atoms with Crippen LogP contribution in [0.2, 0.25) is 0 Å². The molecule has 0 aliphatic heterocycles. The van der Waals surface area contributed by atoms with Crippen LogP contribution in [0.25, 0.3) is 0 Å². The number of rotatable bonds is 3. The van der Waals surface area contributed by atoms with Crippen LogP contribution < -0.4 is 5.43 Å². The first-order valence-electron chi connectivity index (χ1n) is 4.79. The van der Waals surface area contributed by atoms with Crippen LogP contribution >= 0.6 is 0 Å². The minimum absolute atomic E-state index is 0.290. The molecular weight excluding hydrogens is 205 g/mol. The molecule has 1 aromatic carbocycles. The van der Waals surface area contributed by atoms with E-state index in [1.54, 1.807) is 30.7 Å². The van der Waals surface area contributed by atoms with E-state index < -0.39 is 0 Å². The van der Waals surface area contributed by atoms with Gasteiger partial charge in [-0.25, -0.2) is 4.39 Å². The summed E-state index contributed by atoms with van der Waals surface area (Å²) in [6.07, 6.45) is 5.01. The van der Waals surface area contributed by atoms with Gasteiger partial charge in [0.1, 0.15) is 5.82 Å². The maximum atomic E-state index is 12.8. The number of nitrogens with zero attached hydrogens (tertiary/aromatic N) is 2. The summed E-state index contributed by atoms with van der Waals surface area (Å²) in [4.78, 5) is 3.95. The lowest BCUT2D eigenvalue weighted by molar-refractivity contribution is 0.628. The Hall–Kier alpha value is -2.23. The lowest BCUT2D eigenvalue weighted by Gasteiger charge is -1.98. The summed E-state index contributed by atoms with van der Waals surface area (Å²) in [5.41, 5.74) is 4.23. The van der Waals surface area contributed by atoms with Crippen LogP contribution in [0.15, 0.2) is 53.9 Å². The van der Waals surface area contributed by atoms with Crippen molar-refractivity contribution in [3.63, 3.8) is 0 Å². The topological polar surface area (TPSA) is 37.3 Å². The molecule has 1 aromatic heterocycles. The monoisotopic (exact) mass is 215 g/mol. The quantitative estimate of drug-likeness (QED) is 0.631. The number of benzene rings is 1. The Morgan fingerprint density at radius 1 is 1.25 bits per heavy atom. The number of pyridine rings is 1. The highest BCUT2D eigenvalue weighted by Gasteiger charge is 1.91. The van der Waals surface area contributed by atoms with E-state index in [9.17, 15) is 4.39 Å². The molecule has 3 nitrogen and oxygen atoms in total. The average Bonchev–Trinajstić information content (AvgIpc) is 2.30. The van der Waals surface area contributed by atoms with Gasteiger partial charge in [0.05, 0.1) is 11.9 Å². The molecule has 0 saturated heterocycles. The Labute approximate surface area is 92.7 Å². The van der Waals surface area contributed by atoms with E-state index in [1.807, 2.05) is 12.1 Å². The minimum Gasteiger partial charge on any atom is -0.278 e. The average molecular weight is 215 g/mol. The number of hydrogen-bond donors (Lipinski definition) is 1. The van der Waals surface area contributed by atoms with Gasteiger partial charge in [0.2, 0.25) is 0 Å². The minimum atomic E-state index is -0.290. The van der Waals surface area contributed by atoms with E-state index in [0.29, 0.717) is 5.69 Å². The molecule has 0 spiro atoms. The fraction of sp³-hybridized carbons (Fsp3) is 0. The van der Waals surface area contributed by atoms with Crippen molar-refractivity contribution >= 4 is 11.9 Å². The van der Waals surface area contributed by atoms with Crippen molar-refractivity contribution in [2.24, 2.45) is 5.10 Å². The third kappa shape index (κ3) is 2.88. The standard InChI is InChI=1S/C12H10FN3/c13-11-4-1-5-12(7-11)16-15-9-10-3-2-6-14-8-10/h1-9,16H. The molecule has 0 radical (unpaired) electrons. The zero-order valence-electron chi connectivity index (χ0n) is 8.47. The van der Waals surface area contributed by atoms with Gasteiger partial charge < -0.3 is 0 Å². The Bertz CT molecular complexity index is 483. The van der Waals surface area contributed by atoms with E-state index in [1.165, 1.54) is 12.1 Å². The molecule has 0 aliphatic rings. The number of aromatic nitrogens is 1. The Balaban J connectivity index is 2.00. The highest BCUT2D eigenvalue weighted by molar-refractivity contribution is 5.79. The third-order valence-corrected chi connectivity index (χ3v) is 1.92. The Morgan fingerprint density at radius 3 is 2.94 bits per heavy atom. The largest absolute Gasteiger partial charge is 0.278 e. The van der Waals surface area contributed by atoms with Crippen LogP contribution in [0, 0.1) is 5.82 Å². The van der Waals surface area contributed by atoms with E-state index in [0.717, 1.165) is 5.56 Å². The summed E-state index contributed by atoms with van der Waals surface area (Å²) in [7, 11) is 0. The molecule has 0 bridgehead atoms. The predicted molar refractivity (Wildman–Crippen MR) is 61.9 cm³/mol. The van der Waals surface area contributed by atoms with E-state index in [-0.39, 0.29) is 5.82 Å². The number of hydrogen-bond acceptors (Lipinski definition) is 3. The summed E-state index contributed by atoms with van der Waals surface area (Å²) in [6, 6.07) is 9.82. The second kappa shape index (κ2) is 5.02. The van der Waals surface area contributed by atoms with Gasteiger partial charge >= 0.3 is 0 Å². The lowest BCUT2D eigenvalue weighted by atomic mass is 10.3. The summed E-state index contributed by atoms with van der Waals surface area (Å²) in [5.74, 6) is -0.290. The molecule has 0 atom stereocenters. The highest BCUT2D eigenvalue weighted by Crippen LogP contribution is 2.08. The highest BCUT2D eigenvalue weighted by atomic mass is 19.1. The van der Waals surface area contributed by atoms with Gasteiger partial charge in [-0.3, -0.25) is 10.4 Å². The molecule has 0 fully saturated rings. The summed E-state index contributed by atoms with van der Waals surface area (Å²) in [5, 5.41) is 3.97. The van der Waals surface area contributed by atoms with Crippen molar-refractivity contribution < 1.29 is 4.39 Å². The van der Waals surface area contributed by atoms with Gasteiger partial charge in [-0.1, -0.05) is 12.1 Å². The predicted octanol–water partition coefficient (Wildman–Crippen LogP) is 2.67. The molecule has 1 heterocycles. The van der Waals surface area contributed by atoms with E-state index in [2.05, 4.69) is 15.5 Å². The number of hydrazone groups is 1. The van der Waals surface area contributed by atoms with Crippen LogP contribution in [-0.4, -0.2) is 11.2 Å². The van der Waals surface area contributed by atoms with E-state index in [4.69, 9.17) is 0 Å².